The predicted octanol–water partition coefficient (Wildman–Crippen LogP) is 2.73. The van der Waals surface area contributed by atoms with Crippen molar-refractivity contribution in [2.24, 2.45) is 17.3 Å². The Balaban J connectivity index is 2.21. The fourth-order valence-corrected chi connectivity index (χ4v) is 2.11. The zero-order valence-corrected chi connectivity index (χ0v) is 8.50. The molecular formula is C12H16O. The second-order valence-electron chi connectivity index (χ2n) is 5.09. The minimum absolute atomic E-state index is 0.218. The third-order valence-electron chi connectivity index (χ3n) is 2.85. The first kappa shape index (κ1) is 8.74. The summed E-state index contributed by atoms with van der Waals surface area (Å²) in [5.74, 6) is 1.30. The van der Waals surface area contributed by atoms with E-state index in [9.17, 15) is 4.79 Å². The summed E-state index contributed by atoms with van der Waals surface area (Å²) in [5.41, 5.74) is 0.837. The maximum Gasteiger partial charge on any atom is 0.164 e. The SMILES string of the molecule is CC(C)(C)C(=O)C1=CC2C=CC1C2. The highest BCUT2D eigenvalue weighted by Gasteiger charge is 2.35. The lowest BCUT2D eigenvalue weighted by molar-refractivity contribution is -0.122. The summed E-state index contributed by atoms with van der Waals surface area (Å²) in [5, 5.41) is 0. The molecule has 1 heteroatoms. The van der Waals surface area contributed by atoms with Crippen LogP contribution in [-0.2, 0) is 4.79 Å². The van der Waals surface area contributed by atoms with E-state index in [-0.39, 0.29) is 5.41 Å². The summed E-state index contributed by atoms with van der Waals surface area (Å²) in [6.45, 7) is 5.98. The van der Waals surface area contributed by atoms with Gasteiger partial charge in [0, 0.05) is 11.3 Å². The van der Waals surface area contributed by atoms with E-state index in [4.69, 9.17) is 0 Å². The van der Waals surface area contributed by atoms with E-state index in [0.717, 1.165) is 12.0 Å². The zero-order valence-electron chi connectivity index (χ0n) is 8.50. The van der Waals surface area contributed by atoms with E-state index < -0.39 is 0 Å². The van der Waals surface area contributed by atoms with E-state index in [1.54, 1.807) is 0 Å². The van der Waals surface area contributed by atoms with E-state index in [0.29, 0.717) is 17.6 Å². The third-order valence-corrected chi connectivity index (χ3v) is 2.85. The molecule has 2 aliphatic rings. The molecular weight excluding hydrogens is 160 g/mol. The number of rotatable bonds is 1. The lowest BCUT2D eigenvalue weighted by atomic mass is 9.82. The largest absolute Gasteiger partial charge is 0.294 e. The first-order chi connectivity index (χ1) is 5.98. The summed E-state index contributed by atoms with van der Waals surface area (Å²) in [7, 11) is 0. The number of Topliss-reactive ketones (excluding diaryl/α,β-unsaturated/α-hetero) is 1. The Hall–Kier alpha value is -0.850. The minimum atomic E-state index is -0.218. The standard InChI is InChI=1S/C12H16O/c1-12(2,3)11(13)10-7-8-4-5-9(10)6-8/h4-5,7-9H,6H2,1-3H3. The molecule has 0 N–H and O–H groups in total. The van der Waals surface area contributed by atoms with Gasteiger partial charge in [-0.1, -0.05) is 39.0 Å². The van der Waals surface area contributed by atoms with Crippen molar-refractivity contribution in [3.63, 3.8) is 0 Å². The van der Waals surface area contributed by atoms with Crippen molar-refractivity contribution in [2.75, 3.05) is 0 Å². The highest BCUT2D eigenvalue weighted by molar-refractivity contribution is 6.00. The Bertz CT molecular complexity index is 302. The molecule has 0 radical (unpaired) electrons. The van der Waals surface area contributed by atoms with Gasteiger partial charge in [-0.2, -0.15) is 0 Å². The molecule has 70 valence electrons. The fourth-order valence-electron chi connectivity index (χ4n) is 2.11. The van der Waals surface area contributed by atoms with Crippen molar-refractivity contribution in [1.82, 2.24) is 0 Å². The van der Waals surface area contributed by atoms with Gasteiger partial charge in [-0.25, -0.2) is 0 Å². The topological polar surface area (TPSA) is 17.1 Å². The predicted molar refractivity (Wildman–Crippen MR) is 53.3 cm³/mol. The Morgan fingerprint density at radius 3 is 2.46 bits per heavy atom. The normalized spacial score (nSPS) is 30.8. The van der Waals surface area contributed by atoms with E-state index in [1.807, 2.05) is 20.8 Å². The van der Waals surface area contributed by atoms with Gasteiger partial charge in [-0.15, -0.1) is 0 Å². The molecule has 0 fully saturated rings. The second kappa shape index (κ2) is 2.57. The molecule has 0 aliphatic heterocycles. The fraction of sp³-hybridized carbons (Fsp3) is 0.583. The van der Waals surface area contributed by atoms with Crippen LogP contribution in [0.25, 0.3) is 0 Å². The van der Waals surface area contributed by atoms with Gasteiger partial charge in [0.05, 0.1) is 0 Å². The van der Waals surface area contributed by atoms with Crippen LogP contribution in [0.4, 0.5) is 0 Å². The number of fused-ring (bicyclic) bond motifs is 2. The van der Waals surface area contributed by atoms with Crippen molar-refractivity contribution in [1.29, 1.82) is 0 Å². The maximum atomic E-state index is 12.0. The molecule has 2 rings (SSSR count). The second-order valence-corrected chi connectivity index (χ2v) is 5.09. The molecule has 0 aromatic rings. The van der Waals surface area contributed by atoms with Gasteiger partial charge in [-0.05, 0) is 17.9 Å². The van der Waals surface area contributed by atoms with Crippen LogP contribution in [0.2, 0.25) is 0 Å². The Morgan fingerprint density at radius 2 is 2.08 bits per heavy atom. The Kier molecular flexibility index (Phi) is 1.73. The molecule has 0 saturated heterocycles. The molecule has 0 amide bonds. The first-order valence-corrected chi connectivity index (χ1v) is 4.93. The lowest BCUT2D eigenvalue weighted by Crippen LogP contribution is -2.24. The van der Waals surface area contributed by atoms with Gasteiger partial charge >= 0.3 is 0 Å². The van der Waals surface area contributed by atoms with E-state index in [2.05, 4.69) is 18.2 Å². The molecule has 2 unspecified atom stereocenters. The molecule has 0 spiro atoms. The highest BCUT2D eigenvalue weighted by atomic mass is 16.1. The number of hydrogen-bond acceptors (Lipinski definition) is 1. The van der Waals surface area contributed by atoms with Crippen LogP contribution < -0.4 is 0 Å². The van der Waals surface area contributed by atoms with Crippen molar-refractivity contribution < 1.29 is 4.79 Å². The van der Waals surface area contributed by atoms with Crippen LogP contribution in [0.3, 0.4) is 0 Å². The van der Waals surface area contributed by atoms with Gasteiger partial charge in [0.1, 0.15) is 0 Å². The van der Waals surface area contributed by atoms with Gasteiger partial charge in [-0.3, -0.25) is 4.79 Å². The molecule has 2 aliphatic carbocycles. The van der Waals surface area contributed by atoms with Crippen molar-refractivity contribution >= 4 is 5.78 Å². The minimum Gasteiger partial charge on any atom is -0.294 e. The average Bonchev–Trinajstić information content (AvgIpc) is 2.60. The summed E-state index contributed by atoms with van der Waals surface area (Å²) in [4.78, 5) is 12.0. The number of hydrogen-bond donors (Lipinski definition) is 0. The van der Waals surface area contributed by atoms with E-state index >= 15 is 0 Å². The highest BCUT2D eigenvalue weighted by Crippen LogP contribution is 2.41. The first-order valence-electron chi connectivity index (χ1n) is 4.93. The third kappa shape index (κ3) is 1.37. The summed E-state index contributed by atoms with van der Waals surface area (Å²) >= 11 is 0. The number of carbonyl (C=O) groups excluding carboxylic acids is 1. The van der Waals surface area contributed by atoms with Crippen LogP contribution in [0.15, 0.2) is 23.8 Å². The van der Waals surface area contributed by atoms with E-state index in [1.165, 1.54) is 0 Å². The molecule has 13 heavy (non-hydrogen) atoms. The van der Waals surface area contributed by atoms with Gasteiger partial charge in [0.25, 0.3) is 0 Å². The summed E-state index contributed by atoms with van der Waals surface area (Å²) in [6, 6.07) is 0. The monoisotopic (exact) mass is 176 g/mol. The molecule has 1 nitrogen and oxygen atoms in total. The number of ketones is 1. The summed E-state index contributed by atoms with van der Waals surface area (Å²) < 4.78 is 0. The lowest BCUT2D eigenvalue weighted by Gasteiger charge is -2.20. The van der Waals surface area contributed by atoms with Crippen LogP contribution >= 0.6 is 0 Å². The quantitative estimate of drug-likeness (QED) is 0.561. The number of carbonyl (C=O) groups is 1. The molecule has 0 heterocycles. The summed E-state index contributed by atoms with van der Waals surface area (Å²) in [6.07, 6.45) is 7.68. The molecule has 2 bridgehead atoms. The van der Waals surface area contributed by atoms with Crippen molar-refractivity contribution in [3.05, 3.63) is 23.8 Å². The Labute approximate surface area is 79.5 Å². The zero-order chi connectivity index (χ0) is 9.64. The van der Waals surface area contributed by atoms with Crippen LogP contribution in [-0.4, -0.2) is 5.78 Å². The smallest absolute Gasteiger partial charge is 0.164 e. The van der Waals surface area contributed by atoms with Gasteiger partial charge in [0.2, 0.25) is 0 Å². The van der Waals surface area contributed by atoms with Crippen molar-refractivity contribution in [3.8, 4) is 0 Å². The van der Waals surface area contributed by atoms with Gasteiger partial charge < -0.3 is 0 Å². The molecule has 2 atom stereocenters. The number of allylic oxidation sites excluding steroid dienone is 4. The van der Waals surface area contributed by atoms with Crippen LogP contribution in [0.1, 0.15) is 27.2 Å². The van der Waals surface area contributed by atoms with Crippen molar-refractivity contribution in [2.45, 2.75) is 27.2 Å². The van der Waals surface area contributed by atoms with Gasteiger partial charge in [0.15, 0.2) is 5.78 Å². The average molecular weight is 176 g/mol. The Morgan fingerprint density at radius 1 is 1.38 bits per heavy atom. The van der Waals surface area contributed by atoms with Crippen LogP contribution in [0.5, 0.6) is 0 Å². The van der Waals surface area contributed by atoms with Crippen LogP contribution in [0, 0.1) is 17.3 Å². The maximum absolute atomic E-state index is 12.0. The molecule has 0 aromatic carbocycles. The molecule has 0 saturated carbocycles. The molecule has 0 aromatic heterocycles.